The van der Waals surface area contributed by atoms with Gasteiger partial charge in [-0.1, -0.05) is 36.4 Å². The monoisotopic (exact) mass is 305 g/mol. The molecule has 0 saturated heterocycles. The minimum atomic E-state index is -4.39. The van der Waals surface area contributed by atoms with Crippen molar-refractivity contribution >= 4 is 11.6 Å². The average Bonchev–Trinajstić information content (AvgIpc) is 3.28. The molecule has 1 amide bonds. The Morgan fingerprint density at radius 3 is 2.32 bits per heavy atom. The third kappa shape index (κ3) is 2.98. The Labute approximate surface area is 126 Å². The molecule has 0 bridgehead atoms. The van der Waals surface area contributed by atoms with Gasteiger partial charge in [-0.05, 0) is 36.1 Å². The van der Waals surface area contributed by atoms with Crippen LogP contribution in [0.2, 0.25) is 0 Å². The SMILES string of the molecule is O=C(Nc1ccccc1)C1CC1c1ccccc1C(F)(F)F. The van der Waals surface area contributed by atoms with Gasteiger partial charge in [-0.3, -0.25) is 4.79 Å². The van der Waals surface area contributed by atoms with Crippen molar-refractivity contribution < 1.29 is 18.0 Å². The number of para-hydroxylation sites is 1. The van der Waals surface area contributed by atoms with Crippen molar-refractivity contribution in [1.29, 1.82) is 0 Å². The predicted octanol–water partition coefficient (Wildman–Crippen LogP) is 4.45. The number of benzene rings is 2. The van der Waals surface area contributed by atoms with Crippen LogP contribution in [0.1, 0.15) is 23.5 Å². The molecule has 0 radical (unpaired) electrons. The summed E-state index contributed by atoms with van der Waals surface area (Å²) in [5.74, 6) is -0.988. The van der Waals surface area contributed by atoms with Gasteiger partial charge in [0.1, 0.15) is 0 Å². The summed E-state index contributed by atoms with van der Waals surface area (Å²) in [6.07, 6.45) is -3.94. The Kier molecular flexibility index (Phi) is 3.64. The molecule has 2 nitrogen and oxygen atoms in total. The number of halogens is 3. The summed E-state index contributed by atoms with van der Waals surface area (Å²) in [7, 11) is 0. The van der Waals surface area contributed by atoms with Crippen molar-refractivity contribution in [3.05, 3.63) is 65.7 Å². The van der Waals surface area contributed by atoms with Crippen molar-refractivity contribution in [3.8, 4) is 0 Å². The van der Waals surface area contributed by atoms with Gasteiger partial charge in [0.25, 0.3) is 0 Å². The van der Waals surface area contributed by atoms with E-state index < -0.39 is 17.7 Å². The number of anilines is 1. The van der Waals surface area contributed by atoms with Crippen LogP contribution in [0, 0.1) is 5.92 Å². The molecule has 0 heterocycles. The summed E-state index contributed by atoms with van der Waals surface area (Å²) in [4.78, 5) is 12.1. The number of carbonyl (C=O) groups is 1. The summed E-state index contributed by atoms with van der Waals surface area (Å²) in [5.41, 5.74) is 0.223. The van der Waals surface area contributed by atoms with E-state index in [1.807, 2.05) is 6.07 Å². The van der Waals surface area contributed by atoms with Crippen LogP contribution < -0.4 is 5.32 Å². The second-order valence-electron chi connectivity index (χ2n) is 5.39. The highest BCUT2D eigenvalue weighted by Gasteiger charge is 2.47. The van der Waals surface area contributed by atoms with E-state index in [-0.39, 0.29) is 17.4 Å². The minimum absolute atomic E-state index is 0.211. The van der Waals surface area contributed by atoms with Crippen molar-refractivity contribution in [2.45, 2.75) is 18.5 Å². The fraction of sp³-hybridized carbons (Fsp3) is 0.235. The molecule has 2 unspecified atom stereocenters. The van der Waals surface area contributed by atoms with Crippen molar-refractivity contribution in [3.63, 3.8) is 0 Å². The highest BCUT2D eigenvalue weighted by molar-refractivity contribution is 5.95. The van der Waals surface area contributed by atoms with Gasteiger partial charge < -0.3 is 5.32 Å². The molecule has 2 aromatic carbocycles. The van der Waals surface area contributed by atoms with Gasteiger partial charge in [0, 0.05) is 11.6 Å². The summed E-state index contributed by atoms with van der Waals surface area (Å²) < 4.78 is 39.0. The molecule has 5 heteroatoms. The molecule has 0 spiro atoms. The molecule has 22 heavy (non-hydrogen) atoms. The Morgan fingerprint density at radius 1 is 1.00 bits per heavy atom. The van der Waals surface area contributed by atoms with Crippen LogP contribution in [0.4, 0.5) is 18.9 Å². The molecule has 1 aliphatic rings. The largest absolute Gasteiger partial charge is 0.416 e. The molecule has 2 atom stereocenters. The van der Waals surface area contributed by atoms with Crippen molar-refractivity contribution in [1.82, 2.24) is 0 Å². The normalized spacial score (nSPS) is 20.5. The van der Waals surface area contributed by atoms with Crippen molar-refractivity contribution in [2.24, 2.45) is 5.92 Å². The fourth-order valence-electron chi connectivity index (χ4n) is 2.66. The summed E-state index contributed by atoms with van der Waals surface area (Å²) in [5, 5.41) is 2.74. The Bertz CT molecular complexity index is 682. The van der Waals surface area contributed by atoms with Crippen molar-refractivity contribution in [2.75, 3.05) is 5.32 Å². The van der Waals surface area contributed by atoms with E-state index in [0.29, 0.717) is 12.1 Å². The minimum Gasteiger partial charge on any atom is -0.326 e. The number of hydrogen-bond donors (Lipinski definition) is 1. The van der Waals surface area contributed by atoms with E-state index in [0.717, 1.165) is 6.07 Å². The maximum Gasteiger partial charge on any atom is 0.416 e. The first kappa shape index (κ1) is 14.6. The number of amides is 1. The fourth-order valence-corrected chi connectivity index (χ4v) is 2.66. The summed E-state index contributed by atoms with van der Waals surface area (Å²) >= 11 is 0. The Morgan fingerprint density at radius 2 is 1.64 bits per heavy atom. The maximum absolute atomic E-state index is 13.0. The van der Waals surface area contributed by atoms with E-state index in [1.54, 1.807) is 30.3 Å². The Balaban J connectivity index is 1.74. The van der Waals surface area contributed by atoms with Gasteiger partial charge in [-0.2, -0.15) is 13.2 Å². The molecule has 2 aromatic rings. The van der Waals surface area contributed by atoms with E-state index in [2.05, 4.69) is 5.32 Å². The smallest absolute Gasteiger partial charge is 0.326 e. The van der Waals surface area contributed by atoms with Crippen LogP contribution in [-0.4, -0.2) is 5.91 Å². The van der Waals surface area contributed by atoms with E-state index in [1.165, 1.54) is 12.1 Å². The topological polar surface area (TPSA) is 29.1 Å². The van der Waals surface area contributed by atoms with Gasteiger partial charge in [-0.15, -0.1) is 0 Å². The molecule has 0 aromatic heterocycles. The lowest BCUT2D eigenvalue weighted by molar-refractivity contribution is -0.138. The van der Waals surface area contributed by atoms with E-state index >= 15 is 0 Å². The highest BCUT2D eigenvalue weighted by atomic mass is 19.4. The van der Waals surface area contributed by atoms with Crippen LogP contribution in [0.5, 0.6) is 0 Å². The first-order chi connectivity index (χ1) is 10.5. The molecule has 0 aliphatic heterocycles. The van der Waals surface area contributed by atoms with Gasteiger partial charge in [0.05, 0.1) is 5.56 Å². The van der Waals surface area contributed by atoms with Gasteiger partial charge >= 0.3 is 6.18 Å². The van der Waals surface area contributed by atoms with Crippen LogP contribution in [0.25, 0.3) is 0 Å². The first-order valence-electron chi connectivity index (χ1n) is 6.99. The number of hydrogen-bond acceptors (Lipinski definition) is 1. The number of nitrogens with one attached hydrogen (secondary N) is 1. The van der Waals surface area contributed by atoms with Gasteiger partial charge in [0.15, 0.2) is 0 Å². The number of rotatable bonds is 3. The molecule has 114 valence electrons. The van der Waals surface area contributed by atoms with Crippen LogP contribution >= 0.6 is 0 Å². The lowest BCUT2D eigenvalue weighted by atomic mass is 10.0. The number of carbonyl (C=O) groups excluding carboxylic acids is 1. The molecular weight excluding hydrogens is 291 g/mol. The van der Waals surface area contributed by atoms with Crippen LogP contribution in [0.15, 0.2) is 54.6 Å². The molecule has 1 fully saturated rings. The van der Waals surface area contributed by atoms with Gasteiger partial charge in [-0.25, -0.2) is 0 Å². The second kappa shape index (κ2) is 5.48. The summed E-state index contributed by atoms with van der Waals surface area (Å²) in [6, 6.07) is 14.4. The van der Waals surface area contributed by atoms with Crippen LogP contribution in [0.3, 0.4) is 0 Å². The van der Waals surface area contributed by atoms with Gasteiger partial charge in [0.2, 0.25) is 5.91 Å². The molecule has 1 saturated carbocycles. The number of alkyl halides is 3. The first-order valence-corrected chi connectivity index (χ1v) is 6.99. The second-order valence-corrected chi connectivity index (χ2v) is 5.39. The summed E-state index contributed by atoms with van der Waals surface area (Å²) in [6.45, 7) is 0. The average molecular weight is 305 g/mol. The van der Waals surface area contributed by atoms with Crippen LogP contribution in [-0.2, 0) is 11.0 Å². The Hall–Kier alpha value is -2.30. The maximum atomic E-state index is 13.0. The lowest BCUT2D eigenvalue weighted by Crippen LogP contribution is -2.15. The molecule has 1 N–H and O–H groups in total. The molecule has 1 aliphatic carbocycles. The standard InChI is InChI=1S/C17H14F3NO/c18-17(19,20)15-9-5-4-8-12(15)13-10-14(13)16(22)21-11-6-2-1-3-7-11/h1-9,13-14H,10H2,(H,21,22). The van der Waals surface area contributed by atoms with E-state index in [4.69, 9.17) is 0 Å². The zero-order chi connectivity index (χ0) is 15.7. The third-order valence-corrected chi connectivity index (χ3v) is 3.83. The highest BCUT2D eigenvalue weighted by Crippen LogP contribution is 2.51. The molecule has 3 rings (SSSR count). The zero-order valence-electron chi connectivity index (χ0n) is 11.6. The predicted molar refractivity (Wildman–Crippen MR) is 77.4 cm³/mol. The molecular formula is C17H14F3NO. The van der Waals surface area contributed by atoms with E-state index in [9.17, 15) is 18.0 Å². The zero-order valence-corrected chi connectivity index (χ0v) is 11.6. The quantitative estimate of drug-likeness (QED) is 0.892. The third-order valence-electron chi connectivity index (χ3n) is 3.83. The lowest BCUT2D eigenvalue weighted by Gasteiger charge is -2.12.